The number of rotatable bonds is 5. The number of carbonyl (C=O) groups excluding carboxylic acids is 4. The largest absolute Gasteiger partial charge is 0.313 e. The van der Waals surface area contributed by atoms with Crippen molar-refractivity contribution >= 4 is 23.6 Å². The third-order valence-corrected chi connectivity index (χ3v) is 5.73. The van der Waals surface area contributed by atoms with Gasteiger partial charge < -0.3 is 10.6 Å². The second-order valence-electron chi connectivity index (χ2n) is 7.82. The van der Waals surface area contributed by atoms with Gasteiger partial charge in [-0.3, -0.25) is 29.4 Å². The van der Waals surface area contributed by atoms with Gasteiger partial charge in [0.15, 0.2) is 0 Å². The van der Waals surface area contributed by atoms with Crippen LogP contribution >= 0.6 is 0 Å². The van der Waals surface area contributed by atoms with Crippen LogP contribution in [0.15, 0.2) is 18.2 Å². The van der Waals surface area contributed by atoms with Crippen molar-refractivity contribution < 1.29 is 23.6 Å². The van der Waals surface area contributed by atoms with Gasteiger partial charge in [0, 0.05) is 26.1 Å². The van der Waals surface area contributed by atoms with Crippen LogP contribution in [0, 0.1) is 0 Å². The van der Waals surface area contributed by atoms with Gasteiger partial charge in [0.05, 0.1) is 11.1 Å². The Labute approximate surface area is 167 Å². The number of imide groups is 2. The number of carbonyl (C=O) groups is 4. The van der Waals surface area contributed by atoms with Crippen LogP contribution in [0.3, 0.4) is 0 Å². The van der Waals surface area contributed by atoms with Gasteiger partial charge in [-0.05, 0) is 37.4 Å². The van der Waals surface area contributed by atoms with Crippen LogP contribution in [0.2, 0.25) is 0 Å². The number of amides is 4. The summed E-state index contributed by atoms with van der Waals surface area (Å²) in [5.74, 6) is -2.14. The highest BCUT2D eigenvalue weighted by atomic mass is 19.1. The van der Waals surface area contributed by atoms with Crippen molar-refractivity contribution in [2.45, 2.75) is 43.9 Å². The van der Waals surface area contributed by atoms with Crippen LogP contribution in [-0.4, -0.2) is 59.9 Å². The van der Waals surface area contributed by atoms with Gasteiger partial charge in [-0.1, -0.05) is 12.1 Å². The van der Waals surface area contributed by atoms with E-state index in [0.717, 1.165) is 17.9 Å². The summed E-state index contributed by atoms with van der Waals surface area (Å²) in [6.07, 6.45) is 1.43. The highest BCUT2D eigenvalue weighted by molar-refractivity contribution is 6.24. The minimum absolute atomic E-state index is 0.0742. The Hall–Kier alpha value is -2.65. The number of nitrogens with zero attached hydrogens (tertiary/aromatic N) is 1. The molecule has 4 rings (SSSR count). The van der Waals surface area contributed by atoms with Crippen LogP contribution in [-0.2, 0) is 16.1 Å². The van der Waals surface area contributed by atoms with E-state index in [1.54, 1.807) is 18.2 Å². The van der Waals surface area contributed by atoms with Gasteiger partial charge >= 0.3 is 0 Å². The van der Waals surface area contributed by atoms with Gasteiger partial charge in [-0.25, -0.2) is 4.39 Å². The summed E-state index contributed by atoms with van der Waals surface area (Å²) in [5.41, 5.74) is -0.282. The molecule has 3 heterocycles. The maximum Gasteiger partial charge on any atom is 0.262 e. The molecule has 3 N–H and O–H groups in total. The Balaban J connectivity index is 1.50. The molecule has 0 aliphatic carbocycles. The molecule has 3 aliphatic rings. The fourth-order valence-corrected chi connectivity index (χ4v) is 4.24. The lowest BCUT2D eigenvalue weighted by Gasteiger charge is -2.30. The van der Waals surface area contributed by atoms with E-state index < -0.39 is 35.3 Å². The van der Waals surface area contributed by atoms with Crippen LogP contribution in [0.25, 0.3) is 0 Å². The van der Waals surface area contributed by atoms with Crippen molar-refractivity contribution in [3.05, 3.63) is 34.9 Å². The molecule has 0 bridgehead atoms. The summed E-state index contributed by atoms with van der Waals surface area (Å²) in [6.45, 7) is 1.47. The average Bonchev–Trinajstić information content (AvgIpc) is 2.94. The number of piperidine rings is 2. The number of halogens is 1. The minimum atomic E-state index is -1.34. The summed E-state index contributed by atoms with van der Waals surface area (Å²) in [5, 5.41) is 8.29. The van der Waals surface area contributed by atoms with Gasteiger partial charge in [0.25, 0.3) is 11.8 Å². The van der Waals surface area contributed by atoms with Crippen molar-refractivity contribution in [3.63, 3.8) is 0 Å². The molecule has 0 spiro atoms. The average molecular weight is 402 g/mol. The maximum absolute atomic E-state index is 14.7. The summed E-state index contributed by atoms with van der Waals surface area (Å²) >= 11 is 0. The summed E-state index contributed by atoms with van der Waals surface area (Å²) in [4.78, 5) is 50.3. The Bertz CT molecular complexity index is 881. The van der Waals surface area contributed by atoms with Crippen molar-refractivity contribution in [2.24, 2.45) is 0 Å². The van der Waals surface area contributed by atoms with E-state index in [9.17, 15) is 23.6 Å². The van der Waals surface area contributed by atoms with E-state index in [1.165, 1.54) is 0 Å². The van der Waals surface area contributed by atoms with E-state index in [4.69, 9.17) is 0 Å². The summed E-state index contributed by atoms with van der Waals surface area (Å²) < 4.78 is 14.7. The SMILES string of the molecule is O=C1CCC(N2C(=O)c3cccc(CNCC4(F)CCCNC4)c3C2=O)C(=O)N1. The Morgan fingerprint density at radius 3 is 2.76 bits per heavy atom. The topological polar surface area (TPSA) is 108 Å². The minimum Gasteiger partial charge on any atom is -0.313 e. The Kier molecular flexibility index (Phi) is 5.18. The lowest BCUT2D eigenvalue weighted by molar-refractivity contribution is -0.136. The van der Waals surface area contributed by atoms with E-state index in [0.29, 0.717) is 12.0 Å². The molecule has 4 amide bonds. The van der Waals surface area contributed by atoms with Crippen LogP contribution in [0.1, 0.15) is 52.0 Å². The second kappa shape index (κ2) is 7.64. The van der Waals surface area contributed by atoms with Crippen molar-refractivity contribution in [1.29, 1.82) is 0 Å². The molecule has 8 nitrogen and oxygen atoms in total. The van der Waals surface area contributed by atoms with Gasteiger partial charge in [0.2, 0.25) is 11.8 Å². The molecule has 9 heteroatoms. The van der Waals surface area contributed by atoms with Gasteiger partial charge in [0.1, 0.15) is 11.7 Å². The number of fused-ring (bicyclic) bond motifs is 1. The zero-order valence-electron chi connectivity index (χ0n) is 15.9. The predicted octanol–water partition coefficient (Wildman–Crippen LogP) is 0.269. The van der Waals surface area contributed by atoms with Crippen molar-refractivity contribution in [3.8, 4) is 0 Å². The van der Waals surface area contributed by atoms with Crippen molar-refractivity contribution in [2.75, 3.05) is 19.6 Å². The van der Waals surface area contributed by atoms with Crippen LogP contribution in [0.4, 0.5) is 4.39 Å². The molecule has 0 radical (unpaired) electrons. The Morgan fingerprint density at radius 1 is 1.21 bits per heavy atom. The predicted molar refractivity (Wildman–Crippen MR) is 101 cm³/mol. The number of benzene rings is 1. The Morgan fingerprint density at radius 2 is 2.03 bits per heavy atom. The number of alkyl halides is 1. The standard InChI is InChI=1S/C20H23FN4O4/c21-20(7-2-8-22-10-20)11-23-9-12-3-1-4-13-16(12)19(29)25(18(13)28)14-5-6-15(26)24-17(14)27/h1,3-4,14,22-23H,2,5-11H2,(H,24,26,27). The molecule has 2 fully saturated rings. The molecule has 29 heavy (non-hydrogen) atoms. The fourth-order valence-electron chi connectivity index (χ4n) is 4.24. The number of hydrogen-bond donors (Lipinski definition) is 3. The van der Waals surface area contributed by atoms with Gasteiger partial charge in [-0.15, -0.1) is 0 Å². The molecule has 2 unspecified atom stereocenters. The smallest absolute Gasteiger partial charge is 0.262 e. The second-order valence-corrected chi connectivity index (χ2v) is 7.82. The lowest BCUT2D eigenvalue weighted by Crippen LogP contribution is -2.54. The first-order valence-electron chi connectivity index (χ1n) is 9.83. The number of nitrogens with one attached hydrogen (secondary N) is 3. The highest BCUT2D eigenvalue weighted by Crippen LogP contribution is 2.30. The van der Waals surface area contributed by atoms with E-state index in [-0.39, 0.29) is 43.6 Å². The zero-order chi connectivity index (χ0) is 20.6. The quantitative estimate of drug-likeness (QED) is 0.611. The van der Waals surface area contributed by atoms with Crippen molar-refractivity contribution in [1.82, 2.24) is 20.9 Å². The third kappa shape index (κ3) is 3.67. The molecule has 2 saturated heterocycles. The molecule has 1 aromatic carbocycles. The summed E-state index contributed by atoms with van der Waals surface area (Å²) in [7, 11) is 0. The van der Waals surface area contributed by atoms with Crippen LogP contribution in [0.5, 0.6) is 0 Å². The monoisotopic (exact) mass is 402 g/mol. The molecule has 0 aromatic heterocycles. The van der Waals surface area contributed by atoms with E-state index >= 15 is 0 Å². The summed E-state index contributed by atoms with van der Waals surface area (Å²) in [6, 6.07) is 3.94. The number of hydrogen-bond acceptors (Lipinski definition) is 6. The zero-order valence-corrected chi connectivity index (χ0v) is 15.9. The van der Waals surface area contributed by atoms with E-state index in [1.807, 2.05) is 0 Å². The first kappa shape index (κ1) is 19.7. The van der Waals surface area contributed by atoms with Gasteiger partial charge in [-0.2, -0.15) is 0 Å². The third-order valence-electron chi connectivity index (χ3n) is 5.73. The first-order chi connectivity index (χ1) is 13.9. The van der Waals surface area contributed by atoms with Crippen LogP contribution < -0.4 is 16.0 Å². The maximum atomic E-state index is 14.7. The lowest BCUT2D eigenvalue weighted by atomic mass is 9.96. The highest BCUT2D eigenvalue weighted by Gasteiger charge is 2.45. The molecule has 2 atom stereocenters. The molecule has 1 aromatic rings. The first-order valence-corrected chi connectivity index (χ1v) is 9.83. The molecule has 0 saturated carbocycles. The fraction of sp³-hybridized carbons (Fsp3) is 0.500. The normalized spacial score (nSPS) is 27.2. The van der Waals surface area contributed by atoms with E-state index in [2.05, 4.69) is 16.0 Å². The molecular formula is C20H23FN4O4. The molecule has 3 aliphatic heterocycles. The molecular weight excluding hydrogens is 379 g/mol. The molecule has 154 valence electrons.